The molecule has 4 heteroatoms. The van der Waals surface area contributed by atoms with Crippen molar-refractivity contribution in [2.45, 2.75) is 45.4 Å². The first kappa shape index (κ1) is 14.3. The van der Waals surface area contributed by atoms with Crippen LogP contribution in [-0.4, -0.2) is 33.5 Å². The topological polar surface area (TPSA) is 46.2 Å². The van der Waals surface area contributed by atoms with E-state index < -0.39 is 9.84 Å². The third kappa shape index (κ3) is 3.27. The summed E-state index contributed by atoms with van der Waals surface area (Å²) in [5.41, 5.74) is 0.406. The molecule has 106 valence electrons. The first-order chi connectivity index (χ1) is 8.45. The van der Waals surface area contributed by atoms with Gasteiger partial charge in [-0.15, -0.1) is 0 Å². The number of fused-ring (bicyclic) bond motifs is 2. The maximum atomic E-state index is 11.3. The van der Waals surface area contributed by atoms with Crippen LogP contribution in [0.25, 0.3) is 0 Å². The molecule has 0 aromatic rings. The van der Waals surface area contributed by atoms with Crippen molar-refractivity contribution >= 4 is 9.84 Å². The summed E-state index contributed by atoms with van der Waals surface area (Å²) in [6.07, 6.45) is 8.78. The number of sulfone groups is 1. The molecule has 0 aliphatic heterocycles. The maximum absolute atomic E-state index is 11.3. The van der Waals surface area contributed by atoms with Gasteiger partial charge in [-0.3, -0.25) is 0 Å². The lowest BCUT2D eigenvalue weighted by Crippen LogP contribution is -2.39. The molecule has 2 saturated carbocycles. The zero-order chi connectivity index (χ0) is 13.2. The lowest BCUT2D eigenvalue weighted by Gasteiger charge is -2.38. The van der Waals surface area contributed by atoms with Crippen LogP contribution in [-0.2, 0) is 9.84 Å². The van der Waals surface area contributed by atoms with Crippen LogP contribution in [0.5, 0.6) is 0 Å². The van der Waals surface area contributed by atoms with E-state index in [9.17, 15) is 8.42 Å². The summed E-state index contributed by atoms with van der Waals surface area (Å²) in [7, 11) is -2.80. The number of rotatable bonds is 7. The van der Waals surface area contributed by atoms with Gasteiger partial charge in [0.2, 0.25) is 0 Å². The summed E-state index contributed by atoms with van der Waals surface area (Å²) in [6.45, 7) is 4.26. The molecule has 3 nitrogen and oxygen atoms in total. The van der Waals surface area contributed by atoms with E-state index in [1.165, 1.54) is 31.9 Å². The largest absolute Gasteiger partial charge is 0.316 e. The Morgan fingerprint density at radius 3 is 2.61 bits per heavy atom. The quantitative estimate of drug-likeness (QED) is 0.773. The highest BCUT2D eigenvalue weighted by atomic mass is 32.2. The lowest BCUT2D eigenvalue weighted by atomic mass is 9.70. The van der Waals surface area contributed by atoms with Gasteiger partial charge in [0.25, 0.3) is 0 Å². The summed E-state index contributed by atoms with van der Waals surface area (Å²) in [5, 5.41) is 3.51. The minimum atomic E-state index is -2.80. The Balaban J connectivity index is 1.93. The predicted octanol–water partition coefficient (Wildman–Crippen LogP) is 2.23. The molecule has 0 radical (unpaired) electrons. The van der Waals surface area contributed by atoms with Crippen molar-refractivity contribution in [2.24, 2.45) is 17.3 Å². The van der Waals surface area contributed by atoms with Gasteiger partial charge in [-0.05, 0) is 55.9 Å². The summed E-state index contributed by atoms with van der Waals surface area (Å²) in [4.78, 5) is 0. The molecule has 2 rings (SSSR count). The molecule has 0 saturated heterocycles. The van der Waals surface area contributed by atoms with Crippen LogP contribution in [0.3, 0.4) is 0 Å². The Kier molecular flexibility index (Phi) is 4.37. The summed E-state index contributed by atoms with van der Waals surface area (Å²) >= 11 is 0. The third-order valence-electron chi connectivity index (χ3n) is 5.02. The average Bonchev–Trinajstić information content (AvgIpc) is 2.85. The Morgan fingerprint density at radius 1 is 1.33 bits per heavy atom. The SMILES string of the molecule is CCNCC1(CCCS(C)(=O)=O)CC2CCC1C2. The fraction of sp³-hybridized carbons (Fsp3) is 1.00. The van der Waals surface area contributed by atoms with Gasteiger partial charge < -0.3 is 5.32 Å². The molecule has 1 N–H and O–H groups in total. The molecule has 2 aliphatic rings. The molecule has 3 atom stereocenters. The van der Waals surface area contributed by atoms with Gasteiger partial charge in [0.1, 0.15) is 9.84 Å². The summed E-state index contributed by atoms with van der Waals surface area (Å²) < 4.78 is 22.5. The fourth-order valence-electron chi connectivity index (χ4n) is 4.23. The van der Waals surface area contributed by atoms with Crippen molar-refractivity contribution in [3.05, 3.63) is 0 Å². The van der Waals surface area contributed by atoms with Crippen LogP contribution in [0.2, 0.25) is 0 Å². The smallest absolute Gasteiger partial charge is 0.147 e. The Morgan fingerprint density at radius 2 is 2.11 bits per heavy atom. The second-order valence-electron chi connectivity index (χ2n) is 6.46. The average molecular weight is 273 g/mol. The molecule has 2 fully saturated rings. The second kappa shape index (κ2) is 5.49. The first-order valence-electron chi connectivity index (χ1n) is 7.34. The minimum absolute atomic E-state index is 0.359. The maximum Gasteiger partial charge on any atom is 0.147 e. The number of hydrogen-bond donors (Lipinski definition) is 1. The van der Waals surface area contributed by atoms with Crippen molar-refractivity contribution in [3.8, 4) is 0 Å². The normalized spacial score (nSPS) is 35.2. The van der Waals surface area contributed by atoms with Crippen molar-refractivity contribution in [2.75, 3.05) is 25.1 Å². The summed E-state index contributed by atoms with van der Waals surface area (Å²) in [5.74, 6) is 2.13. The summed E-state index contributed by atoms with van der Waals surface area (Å²) in [6, 6.07) is 0. The number of nitrogens with one attached hydrogen (secondary N) is 1. The van der Waals surface area contributed by atoms with Crippen LogP contribution < -0.4 is 5.32 Å². The molecular weight excluding hydrogens is 246 g/mol. The molecule has 0 spiro atoms. The minimum Gasteiger partial charge on any atom is -0.316 e. The van der Waals surface area contributed by atoms with Crippen LogP contribution >= 0.6 is 0 Å². The van der Waals surface area contributed by atoms with Crippen molar-refractivity contribution in [1.29, 1.82) is 0 Å². The van der Waals surface area contributed by atoms with E-state index in [4.69, 9.17) is 0 Å². The van der Waals surface area contributed by atoms with Crippen molar-refractivity contribution in [3.63, 3.8) is 0 Å². The molecule has 0 amide bonds. The lowest BCUT2D eigenvalue weighted by molar-refractivity contribution is 0.143. The highest BCUT2D eigenvalue weighted by Crippen LogP contribution is 2.57. The van der Waals surface area contributed by atoms with E-state index >= 15 is 0 Å². The van der Waals surface area contributed by atoms with E-state index in [0.717, 1.165) is 37.8 Å². The van der Waals surface area contributed by atoms with E-state index in [2.05, 4.69) is 12.2 Å². The molecule has 0 heterocycles. The highest BCUT2D eigenvalue weighted by Gasteiger charge is 2.49. The zero-order valence-corrected chi connectivity index (χ0v) is 12.6. The van der Waals surface area contributed by atoms with E-state index in [1.807, 2.05) is 0 Å². The fourth-order valence-corrected chi connectivity index (χ4v) is 4.90. The van der Waals surface area contributed by atoms with Gasteiger partial charge in [0.15, 0.2) is 0 Å². The third-order valence-corrected chi connectivity index (χ3v) is 6.05. The van der Waals surface area contributed by atoms with Gasteiger partial charge in [-0.25, -0.2) is 8.42 Å². The van der Waals surface area contributed by atoms with Gasteiger partial charge in [0.05, 0.1) is 0 Å². The van der Waals surface area contributed by atoms with Gasteiger partial charge >= 0.3 is 0 Å². The molecule has 2 aliphatic carbocycles. The van der Waals surface area contributed by atoms with Crippen molar-refractivity contribution < 1.29 is 8.42 Å². The molecule has 18 heavy (non-hydrogen) atoms. The molecule has 0 aromatic heterocycles. The highest BCUT2D eigenvalue weighted by molar-refractivity contribution is 7.90. The Labute approximate surface area is 112 Å². The Hall–Kier alpha value is -0.0900. The molecular formula is C14H27NO2S. The zero-order valence-electron chi connectivity index (χ0n) is 11.7. The molecule has 3 unspecified atom stereocenters. The first-order valence-corrected chi connectivity index (χ1v) is 9.40. The van der Waals surface area contributed by atoms with Gasteiger partial charge in [-0.1, -0.05) is 13.3 Å². The molecule has 0 aromatic carbocycles. The van der Waals surface area contributed by atoms with Crippen LogP contribution in [0.4, 0.5) is 0 Å². The van der Waals surface area contributed by atoms with E-state index in [0.29, 0.717) is 11.2 Å². The second-order valence-corrected chi connectivity index (χ2v) is 8.72. The van der Waals surface area contributed by atoms with Gasteiger partial charge in [-0.2, -0.15) is 0 Å². The van der Waals surface area contributed by atoms with E-state index in [-0.39, 0.29) is 0 Å². The number of hydrogen-bond acceptors (Lipinski definition) is 3. The molecule has 2 bridgehead atoms. The van der Waals surface area contributed by atoms with E-state index in [1.54, 1.807) is 0 Å². The predicted molar refractivity (Wildman–Crippen MR) is 75.4 cm³/mol. The van der Waals surface area contributed by atoms with Crippen LogP contribution in [0.1, 0.15) is 45.4 Å². The standard InChI is InChI=1S/C14H27NO2S/c1-3-15-11-14(7-4-8-18(2,16)17)10-12-5-6-13(14)9-12/h12-13,15H,3-11H2,1-2H3. The van der Waals surface area contributed by atoms with Crippen LogP contribution in [0, 0.1) is 17.3 Å². The van der Waals surface area contributed by atoms with Crippen molar-refractivity contribution in [1.82, 2.24) is 5.32 Å². The van der Waals surface area contributed by atoms with Gasteiger partial charge in [0, 0.05) is 18.6 Å². The van der Waals surface area contributed by atoms with Crippen LogP contribution in [0.15, 0.2) is 0 Å². The Bertz CT molecular complexity index is 379. The monoisotopic (exact) mass is 273 g/mol.